The van der Waals surface area contributed by atoms with E-state index in [9.17, 15) is 23.3 Å². The van der Waals surface area contributed by atoms with Crippen molar-refractivity contribution in [3.8, 4) is 0 Å². The second kappa shape index (κ2) is 8.57. The molecule has 0 radical (unpaired) electrons. The maximum absolute atomic E-state index is 13.4. The summed E-state index contributed by atoms with van der Waals surface area (Å²) < 4.78 is 32.5. The van der Waals surface area contributed by atoms with Gasteiger partial charge in [-0.1, -0.05) is 23.7 Å². The fourth-order valence-electron chi connectivity index (χ4n) is 2.57. The Bertz CT molecular complexity index is 1020. The molecule has 2 aromatic carbocycles. The van der Waals surface area contributed by atoms with E-state index in [2.05, 4.69) is 0 Å². The Balaban J connectivity index is 2.68. The third-order valence-electron chi connectivity index (χ3n) is 3.97. The summed E-state index contributed by atoms with van der Waals surface area (Å²) in [5, 5.41) is 11.4. The number of ether oxygens (including phenoxy) is 1. The van der Waals surface area contributed by atoms with Gasteiger partial charge in [-0.05, 0) is 44.0 Å². The van der Waals surface area contributed by atoms with Crippen LogP contribution >= 0.6 is 11.6 Å². The Morgan fingerprint density at radius 1 is 1.18 bits per heavy atom. The predicted octanol–water partition coefficient (Wildman–Crippen LogP) is 3.62. The molecule has 0 aliphatic carbocycles. The van der Waals surface area contributed by atoms with Crippen LogP contribution in [0.2, 0.25) is 5.02 Å². The average molecular weight is 427 g/mol. The SMILES string of the molecule is CCOC(=O)CN(c1cc(Cl)ccc1C)S(=O)(=O)c1cc([N+](=O)[O-])ccc1C. The van der Waals surface area contributed by atoms with Gasteiger partial charge in [0.05, 0.1) is 22.1 Å². The summed E-state index contributed by atoms with van der Waals surface area (Å²) in [6, 6.07) is 8.16. The lowest BCUT2D eigenvalue weighted by molar-refractivity contribution is -0.385. The van der Waals surface area contributed by atoms with Crippen LogP contribution in [0.5, 0.6) is 0 Å². The number of esters is 1. The molecule has 2 aromatic rings. The van der Waals surface area contributed by atoms with Crippen molar-refractivity contribution >= 4 is 39.0 Å². The van der Waals surface area contributed by atoms with Crippen molar-refractivity contribution in [2.24, 2.45) is 0 Å². The Morgan fingerprint density at radius 2 is 1.82 bits per heavy atom. The van der Waals surface area contributed by atoms with E-state index in [-0.39, 0.29) is 27.9 Å². The second-order valence-electron chi connectivity index (χ2n) is 5.95. The fraction of sp³-hybridized carbons (Fsp3) is 0.278. The molecule has 0 fully saturated rings. The molecule has 2 rings (SSSR count). The molecule has 0 bridgehead atoms. The normalized spacial score (nSPS) is 11.1. The van der Waals surface area contributed by atoms with Crippen LogP contribution in [0.25, 0.3) is 0 Å². The number of carbonyl (C=O) groups is 1. The first-order chi connectivity index (χ1) is 13.1. The van der Waals surface area contributed by atoms with Gasteiger partial charge in [-0.25, -0.2) is 8.42 Å². The van der Waals surface area contributed by atoms with E-state index in [4.69, 9.17) is 16.3 Å². The number of hydrogen-bond donors (Lipinski definition) is 0. The molecule has 0 N–H and O–H groups in total. The smallest absolute Gasteiger partial charge is 0.326 e. The van der Waals surface area contributed by atoms with Crippen LogP contribution in [-0.4, -0.2) is 32.5 Å². The van der Waals surface area contributed by atoms with Crippen molar-refractivity contribution in [1.29, 1.82) is 0 Å². The number of halogens is 1. The van der Waals surface area contributed by atoms with Crippen LogP contribution in [0.15, 0.2) is 41.3 Å². The first-order valence-corrected chi connectivity index (χ1v) is 10.1. The molecular formula is C18H19ClN2O6S. The quantitative estimate of drug-likeness (QED) is 0.380. The number of rotatable bonds is 7. The minimum Gasteiger partial charge on any atom is -0.465 e. The second-order valence-corrected chi connectivity index (χ2v) is 8.22. The molecule has 0 atom stereocenters. The number of hydrogen-bond acceptors (Lipinski definition) is 6. The molecule has 0 aliphatic heterocycles. The lowest BCUT2D eigenvalue weighted by Gasteiger charge is -2.26. The molecule has 0 spiro atoms. The molecule has 0 amide bonds. The number of carbonyl (C=O) groups excluding carboxylic acids is 1. The topological polar surface area (TPSA) is 107 Å². The van der Waals surface area contributed by atoms with Gasteiger partial charge in [0.1, 0.15) is 6.54 Å². The van der Waals surface area contributed by atoms with Gasteiger partial charge >= 0.3 is 5.97 Å². The van der Waals surface area contributed by atoms with Crippen molar-refractivity contribution in [3.63, 3.8) is 0 Å². The van der Waals surface area contributed by atoms with Gasteiger partial charge in [0.25, 0.3) is 15.7 Å². The highest BCUT2D eigenvalue weighted by Crippen LogP contribution is 2.32. The molecule has 150 valence electrons. The highest BCUT2D eigenvalue weighted by atomic mass is 35.5. The highest BCUT2D eigenvalue weighted by Gasteiger charge is 2.31. The van der Waals surface area contributed by atoms with E-state index in [1.807, 2.05) is 0 Å². The molecule has 0 unspecified atom stereocenters. The monoisotopic (exact) mass is 426 g/mol. The molecule has 0 saturated heterocycles. The van der Waals surface area contributed by atoms with E-state index in [1.165, 1.54) is 25.1 Å². The number of nitro benzene ring substituents is 1. The van der Waals surface area contributed by atoms with Crippen LogP contribution in [0.1, 0.15) is 18.1 Å². The summed E-state index contributed by atoms with van der Waals surface area (Å²) in [6.45, 7) is 4.27. The van der Waals surface area contributed by atoms with E-state index >= 15 is 0 Å². The number of non-ortho nitro benzene ring substituents is 1. The largest absolute Gasteiger partial charge is 0.465 e. The summed E-state index contributed by atoms with van der Waals surface area (Å²) in [5.74, 6) is -0.756. The average Bonchev–Trinajstić information content (AvgIpc) is 2.62. The Labute approximate surface area is 167 Å². The number of sulfonamides is 1. The number of anilines is 1. The molecular weight excluding hydrogens is 408 g/mol. The zero-order chi connectivity index (χ0) is 21.1. The third-order valence-corrected chi connectivity index (χ3v) is 6.11. The lowest BCUT2D eigenvalue weighted by Crippen LogP contribution is -2.37. The summed E-state index contributed by atoms with van der Waals surface area (Å²) in [6.07, 6.45) is 0. The maximum Gasteiger partial charge on any atom is 0.326 e. The van der Waals surface area contributed by atoms with Gasteiger partial charge in [-0.2, -0.15) is 0 Å². The van der Waals surface area contributed by atoms with Crippen LogP contribution in [0.3, 0.4) is 0 Å². The Hall–Kier alpha value is -2.65. The van der Waals surface area contributed by atoms with Crippen LogP contribution in [0, 0.1) is 24.0 Å². The zero-order valence-corrected chi connectivity index (χ0v) is 17.1. The lowest BCUT2D eigenvalue weighted by atomic mass is 10.2. The van der Waals surface area contributed by atoms with E-state index in [1.54, 1.807) is 26.0 Å². The van der Waals surface area contributed by atoms with Crippen LogP contribution in [-0.2, 0) is 19.6 Å². The number of aryl methyl sites for hydroxylation is 2. The summed E-state index contributed by atoms with van der Waals surface area (Å²) in [7, 11) is -4.32. The fourth-order valence-corrected chi connectivity index (χ4v) is 4.45. The van der Waals surface area contributed by atoms with E-state index in [0.29, 0.717) is 11.1 Å². The Kier molecular flexibility index (Phi) is 6.63. The van der Waals surface area contributed by atoms with Crippen molar-refractivity contribution in [2.45, 2.75) is 25.7 Å². The molecule has 0 aromatic heterocycles. The van der Waals surface area contributed by atoms with Crippen LogP contribution in [0.4, 0.5) is 11.4 Å². The minimum atomic E-state index is -4.32. The first-order valence-electron chi connectivity index (χ1n) is 8.27. The highest BCUT2D eigenvalue weighted by molar-refractivity contribution is 7.93. The zero-order valence-electron chi connectivity index (χ0n) is 15.5. The number of nitrogens with zero attached hydrogens (tertiary/aromatic N) is 2. The number of nitro groups is 1. The van der Waals surface area contributed by atoms with Gasteiger partial charge in [0.15, 0.2) is 0 Å². The summed E-state index contributed by atoms with van der Waals surface area (Å²) in [5.41, 5.74) is 0.675. The van der Waals surface area contributed by atoms with Gasteiger partial charge in [0, 0.05) is 17.2 Å². The van der Waals surface area contributed by atoms with Crippen molar-refractivity contribution in [1.82, 2.24) is 0 Å². The van der Waals surface area contributed by atoms with Crippen molar-refractivity contribution in [2.75, 3.05) is 17.5 Å². The van der Waals surface area contributed by atoms with Crippen molar-refractivity contribution < 1.29 is 22.9 Å². The predicted molar refractivity (Wildman–Crippen MR) is 105 cm³/mol. The summed E-state index contributed by atoms with van der Waals surface area (Å²) in [4.78, 5) is 22.2. The number of benzene rings is 2. The van der Waals surface area contributed by atoms with Gasteiger partial charge in [-0.3, -0.25) is 19.2 Å². The van der Waals surface area contributed by atoms with Crippen LogP contribution < -0.4 is 4.31 Å². The Morgan fingerprint density at radius 3 is 2.43 bits per heavy atom. The molecule has 0 aliphatic rings. The standard InChI is InChI=1S/C18H19ClN2O6S/c1-4-27-18(22)11-20(16-9-14(19)7-5-12(16)2)28(25,26)17-10-15(21(23)24)8-6-13(17)3/h5-10H,4,11H2,1-3H3. The summed E-state index contributed by atoms with van der Waals surface area (Å²) >= 11 is 6.03. The molecule has 28 heavy (non-hydrogen) atoms. The molecule has 0 saturated carbocycles. The van der Waals surface area contributed by atoms with E-state index in [0.717, 1.165) is 10.4 Å². The first kappa shape index (κ1) is 21.6. The third kappa shape index (κ3) is 4.60. The van der Waals surface area contributed by atoms with E-state index < -0.39 is 27.5 Å². The van der Waals surface area contributed by atoms with Gasteiger partial charge in [0.2, 0.25) is 0 Å². The van der Waals surface area contributed by atoms with Crippen molar-refractivity contribution in [3.05, 3.63) is 62.7 Å². The molecule has 0 heterocycles. The molecule has 10 heteroatoms. The molecule has 8 nitrogen and oxygen atoms in total. The van der Waals surface area contributed by atoms with Gasteiger partial charge in [-0.15, -0.1) is 0 Å². The maximum atomic E-state index is 13.4. The minimum absolute atomic E-state index is 0.0804. The van der Waals surface area contributed by atoms with Gasteiger partial charge < -0.3 is 4.74 Å².